The fraction of sp³-hybridized carbons (Fsp3) is 0.727. The minimum absolute atomic E-state index is 0.189. The van der Waals surface area contributed by atoms with E-state index in [9.17, 15) is 28.8 Å². The van der Waals surface area contributed by atoms with E-state index in [0.717, 1.165) is 25.7 Å². The van der Waals surface area contributed by atoms with E-state index in [2.05, 4.69) is 28.2 Å². The topological polar surface area (TPSA) is 177 Å². The van der Waals surface area contributed by atoms with Gasteiger partial charge in [0.1, 0.15) is 12.1 Å². The molecular formula is C22H39N5O6. The van der Waals surface area contributed by atoms with Crippen LogP contribution in [0.3, 0.4) is 0 Å². The normalized spacial score (nSPS) is 14.2. The molecule has 0 heterocycles. The molecule has 188 valence electrons. The molecule has 4 atom stereocenters. The monoisotopic (exact) mass is 469 g/mol. The Morgan fingerprint density at radius 2 is 1.42 bits per heavy atom. The number of nitrogens with two attached hydrogens (primary N) is 1. The highest BCUT2D eigenvalue weighted by Gasteiger charge is 2.28. The fourth-order valence-corrected chi connectivity index (χ4v) is 3.15. The SMILES string of the molecule is CCCCCC[C@H](NC(C)=O)C(=O)N[C@@H](C)C(=O)C[C@H](C)C(=O)N[C@@H](CC(N)=O)C(=O)NC. The van der Waals surface area contributed by atoms with Gasteiger partial charge in [0.15, 0.2) is 5.78 Å². The van der Waals surface area contributed by atoms with Gasteiger partial charge in [-0.05, 0) is 13.3 Å². The summed E-state index contributed by atoms with van der Waals surface area (Å²) in [5, 5.41) is 9.97. The second-order valence-electron chi connectivity index (χ2n) is 8.25. The third-order valence-corrected chi connectivity index (χ3v) is 5.12. The van der Waals surface area contributed by atoms with Crippen molar-refractivity contribution in [3.05, 3.63) is 0 Å². The molecule has 0 spiro atoms. The van der Waals surface area contributed by atoms with E-state index in [1.807, 2.05) is 0 Å². The van der Waals surface area contributed by atoms with Crippen LogP contribution in [0, 0.1) is 5.92 Å². The summed E-state index contributed by atoms with van der Waals surface area (Å²) in [4.78, 5) is 72.0. The Morgan fingerprint density at radius 1 is 0.788 bits per heavy atom. The molecule has 0 aromatic heterocycles. The van der Waals surface area contributed by atoms with Gasteiger partial charge in [-0.1, -0.05) is 39.5 Å². The molecular weight excluding hydrogens is 430 g/mol. The van der Waals surface area contributed by atoms with E-state index in [0.29, 0.717) is 6.42 Å². The minimum Gasteiger partial charge on any atom is -0.370 e. The lowest BCUT2D eigenvalue weighted by Crippen LogP contribution is -2.51. The lowest BCUT2D eigenvalue weighted by atomic mass is 9.99. The maximum atomic E-state index is 12.6. The van der Waals surface area contributed by atoms with E-state index in [4.69, 9.17) is 5.73 Å². The van der Waals surface area contributed by atoms with Crippen molar-refractivity contribution in [1.82, 2.24) is 21.3 Å². The number of primary amides is 1. The number of amides is 5. The van der Waals surface area contributed by atoms with Gasteiger partial charge >= 0.3 is 0 Å². The molecule has 11 heteroatoms. The van der Waals surface area contributed by atoms with Crippen LogP contribution in [-0.4, -0.2) is 60.5 Å². The van der Waals surface area contributed by atoms with E-state index in [-0.39, 0.29) is 24.5 Å². The van der Waals surface area contributed by atoms with Crippen molar-refractivity contribution in [2.24, 2.45) is 11.7 Å². The second kappa shape index (κ2) is 15.8. The van der Waals surface area contributed by atoms with E-state index >= 15 is 0 Å². The first-order chi connectivity index (χ1) is 15.4. The van der Waals surface area contributed by atoms with Crippen molar-refractivity contribution in [2.45, 2.75) is 90.8 Å². The maximum absolute atomic E-state index is 12.6. The average molecular weight is 470 g/mol. The lowest BCUT2D eigenvalue weighted by molar-refractivity contribution is -0.134. The number of hydrogen-bond donors (Lipinski definition) is 5. The summed E-state index contributed by atoms with van der Waals surface area (Å²) in [6.45, 7) is 6.41. The van der Waals surface area contributed by atoms with Gasteiger partial charge in [-0.3, -0.25) is 28.8 Å². The summed E-state index contributed by atoms with van der Waals surface area (Å²) in [7, 11) is 1.36. The highest BCUT2D eigenvalue weighted by molar-refractivity contribution is 5.96. The van der Waals surface area contributed by atoms with Crippen molar-refractivity contribution in [3.63, 3.8) is 0 Å². The van der Waals surface area contributed by atoms with Crippen molar-refractivity contribution >= 4 is 35.3 Å². The maximum Gasteiger partial charge on any atom is 0.243 e. The minimum atomic E-state index is -1.14. The number of Topliss-reactive ketones (excluding diaryl/α,β-unsaturated/α-hetero) is 1. The van der Waals surface area contributed by atoms with Crippen LogP contribution in [0.2, 0.25) is 0 Å². The first-order valence-corrected chi connectivity index (χ1v) is 11.3. The van der Waals surface area contributed by atoms with Crippen LogP contribution in [0.25, 0.3) is 0 Å². The first-order valence-electron chi connectivity index (χ1n) is 11.3. The Kier molecular flexibility index (Phi) is 14.3. The Labute approximate surface area is 195 Å². The molecule has 0 bridgehead atoms. The molecule has 0 radical (unpaired) electrons. The number of ketones is 1. The number of hydrogen-bond acceptors (Lipinski definition) is 6. The molecule has 33 heavy (non-hydrogen) atoms. The highest BCUT2D eigenvalue weighted by atomic mass is 16.2. The van der Waals surface area contributed by atoms with Crippen LogP contribution < -0.4 is 27.0 Å². The van der Waals surface area contributed by atoms with Gasteiger partial charge in [0.2, 0.25) is 29.5 Å². The molecule has 0 aromatic rings. The van der Waals surface area contributed by atoms with Gasteiger partial charge in [0.25, 0.3) is 0 Å². The van der Waals surface area contributed by atoms with Crippen LogP contribution in [0.5, 0.6) is 0 Å². The smallest absolute Gasteiger partial charge is 0.243 e. The van der Waals surface area contributed by atoms with Gasteiger partial charge < -0.3 is 27.0 Å². The first kappa shape index (κ1) is 30.0. The van der Waals surface area contributed by atoms with Crippen molar-refractivity contribution in [3.8, 4) is 0 Å². The Morgan fingerprint density at radius 3 is 1.94 bits per heavy atom. The molecule has 0 rings (SSSR count). The summed E-state index contributed by atoms with van der Waals surface area (Å²) in [6, 6.07) is -2.75. The van der Waals surface area contributed by atoms with Crippen LogP contribution >= 0.6 is 0 Å². The molecule has 0 unspecified atom stereocenters. The molecule has 0 aliphatic carbocycles. The van der Waals surface area contributed by atoms with Crippen LogP contribution in [0.1, 0.15) is 72.6 Å². The Bertz CT molecular complexity index is 711. The third kappa shape index (κ3) is 12.6. The van der Waals surface area contributed by atoms with E-state index in [1.54, 1.807) is 0 Å². The predicted molar refractivity (Wildman–Crippen MR) is 123 cm³/mol. The van der Waals surface area contributed by atoms with Crippen LogP contribution in [-0.2, 0) is 28.8 Å². The summed E-state index contributed by atoms with van der Waals surface area (Å²) in [6.07, 6.45) is 3.68. The van der Waals surface area contributed by atoms with E-state index < -0.39 is 47.7 Å². The van der Waals surface area contributed by atoms with Crippen molar-refractivity contribution in [2.75, 3.05) is 7.05 Å². The van der Waals surface area contributed by atoms with Gasteiger partial charge in [-0.2, -0.15) is 0 Å². The molecule has 0 aliphatic rings. The van der Waals surface area contributed by atoms with Gasteiger partial charge in [-0.15, -0.1) is 0 Å². The third-order valence-electron chi connectivity index (χ3n) is 5.12. The molecule has 0 saturated carbocycles. The molecule has 5 amide bonds. The van der Waals surface area contributed by atoms with E-state index in [1.165, 1.54) is 27.8 Å². The van der Waals surface area contributed by atoms with Crippen molar-refractivity contribution < 1.29 is 28.8 Å². The number of carbonyl (C=O) groups excluding carboxylic acids is 6. The Balaban J connectivity index is 4.89. The highest BCUT2D eigenvalue weighted by Crippen LogP contribution is 2.09. The summed E-state index contributed by atoms with van der Waals surface area (Å²) < 4.78 is 0. The summed E-state index contributed by atoms with van der Waals surface area (Å²) in [5.41, 5.74) is 5.11. The van der Waals surface area contributed by atoms with Gasteiger partial charge in [0, 0.05) is 26.3 Å². The molecule has 0 saturated heterocycles. The molecule has 0 fully saturated rings. The zero-order valence-corrected chi connectivity index (χ0v) is 20.3. The second-order valence-corrected chi connectivity index (χ2v) is 8.25. The zero-order chi connectivity index (χ0) is 25.6. The summed E-state index contributed by atoms with van der Waals surface area (Å²) >= 11 is 0. The molecule has 11 nitrogen and oxygen atoms in total. The average Bonchev–Trinajstić information content (AvgIpc) is 2.73. The predicted octanol–water partition coefficient (Wildman–Crippen LogP) is -0.332. The van der Waals surface area contributed by atoms with Gasteiger partial charge in [0.05, 0.1) is 12.5 Å². The fourth-order valence-electron chi connectivity index (χ4n) is 3.15. The summed E-state index contributed by atoms with van der Waals surface area (Å²) in [5.74, 6) is -3.92. The molecule has 0 aliphatic heterocycles. The molecule has 6 N–H and O–H groups in total. The van der Waals surface area contributed by atoms with Crippen molar-refractivity contribution in [1.29, 1.82) is 0 Å². The largest absolute Gasteiger partial charge is 0.370 e. The van der Waals surface area contributed by atoms with Crippen LogP contribution in [0.15, 0.2) is 0 Å². The standard InChI is InChI=1S/C22H39N5O6/c1-6-7-8-9-10-16(26-15(4)28)22(33)25-14(3)18(29)11-13(2)20(31)27-17(12-19(23)30)21(32)24-5/h13-14,16-17H,6-12H2,1-5H3,(H2,23,30)(H,24,32)(H,25,33)(H,26,28)(H,27,31)/t13-,14-,16-,17-/m0/s1. The van der Waals surface area contributed by atoms with Crippen LogP contribution in [0.4, 0.5) is 0 Å². The lowest BCUT2D eigenvalue weighted by Gasteiger charge is -2.22. The zero-order valence-electron chi connectivity index (χ0n) is 20.3. The van der Waals surface area contributed by atoms with Gasteiger partial charge in [-0.25, -0.2) is 0 Å². The number of nitrogens with one attached hydrogen (secondary N) is 4. The quantitative estimate of drug-likeness (QED) is 0.193. The Hall–Kier alpha value is -2.98. The number of unbranched alkanes of at least 4 members (excludes halogenated alkanes) is 3. The number of rotatable bonds is 16. The molecule has 0 aromatic carbocycles. The number of carbonyl (C=O) groups is 6. The number of likely N-dealkylation sites (N-methyl/N-ethyl adjacent to an activating group) is 1.